The molecule has 0 bridgehead atoms. The van der Waals surface area contributed by atoms with Crippen molar-refractivity contribution in [1.29, 1.82) is 0 Å². The van der Waals surface area contributed by atoms with E-state index in [2.05, 4.69) is 13.2 Å². The number of hydrogen-bond donors (Lipinski definition) is 1. The van der Waals surface area contributed by atoms with E-state index in [1.54, 1.807) is 30.3 Å². The van der Waals surface area contributed by atoms with E-state index in [9.17, 15) is 14.4 Å². The molecule has 1 N–H and O–H groups in total. The van der Waals surface area contributed by atoms with Crippen molar-refractivity contribution in [3.8, 4) is 22.6 Å². The molecule has 40 heavy (non-hydrogen) atoms. The highest BCUT2D eigenvalue weighted by Crippen LogP contribution is 2.27. The largest absolute Gasteiger partial charge is 0.494 e. The molecule has 0 saturated carbocycles. The molecule has 206 valence electrons. The van der Waals surface area contributed by atoms with Crippen molar-refractivity contribution in [1.82, 2.24) is 0 Å². The predicted molar refractivity (Wildman–Crippen MR) is 156 cm³/mol. The fourth-order valence-electron chi connectivity index (χ4n) is 3.29. The molecule has 0 spiro atoms. The molecule has 0 atom stereocenters. The normalized spacial score (nSPS) is 10.6. The zero-order valence-corrected chi connectivity index (χ0v) is 22.7. The van der Waals surface area contributed by atoms with E-state index in [1.165, 1.54) is 6.08 Å². The summed E-state index contributed by atoms with van der Waals surface area (Å²) in [5.74, 6) is -0.0240. The first kappa shape index (κ1) is 30.1. The van der Waals surface area contributed by atoms with Gasteiger partial charge in [-0.15, -0.1) is 0 Å². The molecule has 0 radical (unpaired) electrons. The minimum atomic E-state index is -0.691. The molecule has 3 rings (SSSR count). The van der Waals surface area contributed by atoms with Crippen LogP contribution in [0, 0.1) is 0 Å². The van der Waals surface area contributed by atoms with Gasteiger partial charge in [-0.2, -0.15) is 0 Å². The molecule has 0 amide bonds. The summed E-state index contributed by atoms with van der Waals surface area (Å²) in [5.41, 5.74) is 2.79. The fourth-order valence-corrected chi connectivity index (χ4v) is 3.93. The first-order chi connectivity index (χ1) is 19.4. The van der Waals surface area contributed by atoms with Crippen LogP contribution in [0.5, 0.6) is 11.5 Å². The van der Waals surface area contributed by atoms with Crippen LogP contribution in [0.2, 0.25) is 0 Å². The molecule has 0 fully saturated rings. The standard InChI is InChI=1S/C32H30O7S/c1-3-30(34)38-21-5-4-20-37-27-15-9-25(10-16-27)26-11-17-29(18-12-26)40-31(35)19-8-24-6-13-28(14-7-24)39-32(36)23(2)22-33/h3,6-19,33H,1-2,4-5,20-22H2/b19-8+. The Morgan fingerprint density at radius 1 is 0.825 bits per heavy atom. The van der Waals surface area contributed by atoms with Gasteiger partial charge in [-0.3, -0.25) is 4.79 Å². The van der Waals surface area contributed by atoms with Crippen LogP contribution in [0.3, 0.4) is 0 Å². The van der Waals surface area contributed by atoms with Gasteiger partial charge in [0.2, 0.25) is 5.12 Å². The summed E-state index contributed by atoms with van der Waals surface area (Å²) in [6, 6.07) is 22.1. The van der Waals surface area contributed by atoms with Crippen molar-refractivity contribution in [2.75, 3.05) is 19.8 Å². The Labute approximate surface area is 237 Å². The summed E-state index contributed by atoms with van der Waals surface area (Å²) in [6.45, 7) is 7.19. The Morgan fingerprint density at radius 3 is 2.05 bits per heavy atom. The lowest BCUT2D eigenvalue weighted by Crippen LogP contribution is -2.12. The van der Waals surface area contributed by atoms with E-state index >= 15 is 0 Å². The third-order valence-electron chi connectivity index (χ3n) is 5.46. The van der Waals surface area contributed by atoms with Crippen molar-refractivity contribution in [2.45, 2.75) is 17.7 Å². The SMILES string of the molecule is C=CC(=O)OCCCCOc1ccc(-c2ccc(SC(=O)/C=C/c3ccc(OC(=O)C(=C)CO)cc3)cc2)cc1. The summed E-state index contributed by atoms with van der Waals surface area (Å²) >= 11 is 1.12. The van der Waals surface area contributed by atoms with Gasteiger partial charge >= 0.3 is 11.9 Å². The Bertz CT molecular complexity index is 1340. The average Bonchev–Trinajstić information content (AvgIpc) is 2.98. The number of thioether (sulfide) groups is 1. The summed E-state index contributed by atoms with van der Waals surface area (Å²) in [7, 11) is 0. The molecule has 0 aromatic heterocycles. The zero-order valence-electron chi connectivity index (χ0n) is 21.9. The van der Waals surface area contributed by atoms with Crippen LogP contribution in [-0.4, -0.2) is 42.0 Å². The highest BCUT2D eigenvalue weighted by molar-refractivity contribution is 8.14. The molecule has 0 unspecified atom stereocenters. The third kappa shape index (κ3) is 10.1. The van der Waals surface area contributed by atoms with Crippen LogP contribution in [0.15, 0.2) is 109 Å². The van der Waals surface area contributed by atoms with Gasteiger partial charge in [-0.1, -0.05) is 55.6 Å². The van der Waals surface area contributed by atoms with Gasteiger partial charge in [0.05, 0.1) is 25.4 Å². The number of esters is 2. The lowest BCUT2D eigenvalue weighted by molar-refractivity contribution is -0.138. The zero-order chi connectivity index (χ0) is 28.7. The molecular formula is C32H30O7S. The molecule has 0 aliphatic carbocycles. The van der Waals surface area contributed by atoms with Gasteiger partial charge in [0.25, 0.3) is 0 Å². The lowest BCUT2D eigenvalue weighted by atomic mass is 10.1. The second-order valence-electron chi connectivity index (χ2n) is 8.45. The van der Waals surface area contributed by atoms with Gasteiger partial charge in [0, 0.05) is 11.0 Å². The fraction of sp³-hybridized carbons (Fsp3) is 0.156. The number of benzene rings is 3. The molecule has 0 heterocycles. The number of aliphatic hydroxyl groups excluding tert-OH is 1. The van der Waals surface area contributed by atoms with E-state index in [1.807, 2.05) is 48.5 Å². The smallest absolute Gasteiger partial charge is 0.341 e. The minimum absolute atomic E-state index is 0.0301. The summed E-state index contributed by atoms with van der Waals surface area (Å²) in [6.07, 6.45) is 5.81. The Kier molecular flexibility index (Phi) is 12.0. The number of carbonyl (C=O) groups excluding carboxylic acids is 3. The number of unbranched alkanes of at least 4 members (excludes halogenated alkanes) is 1. The molecule has 0 aliphatic rings. The number of ether oxygens (including phenoxy) is 3. The van der Waals surface area contributed by atoms with E-state index in [4.69, 9.17) is 19.3 Å². The maximum Gasteiger partial charge on any atom is 0.341 e. The van der Waals surface area contributed by atoms with Crippen LogP contribution in [-0.2, 0) is 19.1 Å². The Balaban J connectivity index is 1.44. The van der Waals surface area contributed by atoms with Gasteiger partial charge < -0.3 is 19.3 Å². The van der Waals surface area contributed by atoms with Gasteiger partial charge in [0.15, 0.2) is 0 Å². The van der Waals surface area contributed by atoms with Crippen molar-refractivity contribution < 1.29 is 33.7 Å². The predicted octanol–water partition coefficient (Wildman–Crippen LogP) is 6.03. The second-order valence-corrected chi connectivity index (χ2v) is 9.53. The second kappa shape index (κ2) is 15.9. The first-order valence-corrected chi connectivity index (χ1v) is 13.3. The summed E-state index contributed by atoms with van der Waals surface area (Å²) in [4.78, 5) is 35.9. The Morgan fingerprint density at radius 2 is 1.43 bits per heavy atom. The quantitative estimate of drug-likeness (QED) is 0.0842. The minimum Gasteiger partial charge on any atom is -0.494 e. The number of rotatable bonds is 14. The van der Waals surface area contributed by atoms with Gasteiger partial charge in [-0.05, 0) is 83.8 Å². The van der Waals surface area contributed by atoms with E-state index in [0.29, 0.717) is 19.0 Å². The Hall–Kier alpha value is -4.40. The summed E-state index contributed by atoms with van der Waals surface area (Å²) < 4.78 is 15.8. The van der Waals surface area contributed by atoms with E-state index < -0.39 is 18.5 Å². The third-order valence-corrected chi connectivity index (χ3v) is 6.31. The molecule has 0 saturated heterocycles. The number of carbonyl (C=O) groups is 3. The highest BCUT2D eigenvalue weighted by atomic mass is 32.2. The van der Waals surface area contributed by atoms with Crippen LogP contribution in [0.25, 0.3) is 17.2 Å². The molecule has 0 aliphatic heterocycles. The molecular weight excluding hydrogens is 528 g/mol. The maximum absolute atomic E-state index is 12.4. The first-order valence-electron chi connectivity index (χ1n) is 12.5. The van der Waals surface area contributed by atoms with E-state index in [-0.39, 0.29) is 10.7 Å². The molecule has 3 aromatic carbocycles. The van der Waals surface area contributed by atoms with Crippen molar-refractivity contribution in [3.05, 3.63) is 109 Å². The van der Waals surface area contributed by atoms with Crippen LogP contribution < -0.4 is 9.47 Å². The molecule has 3 aromatic rings. The number of hydrogen-bond acceptors (Lipinski definition) is 8. The number of aliphatic hydroxyl groups is 1. The highest BCUT2D eigenvalue weighted by Gasteiger charge is 2.08. The maximum atomic E-state index is 12.4. The molecule has 8 heteroatoms. The lowest BCUT2D eigenvalue weighted by Gasteiger charge is -2.08. The van der Waals surface area contributed by atoms with Crippen LogP contribution >= 0.6 is 11.8 Å². The van der Waals surface area contributed by atoms with Crippen LogP contribution in [0.4, 0.5) is 0 Å². The van der Waals surface area contributed by atoms with Crippen molar-refractivity contribution >= 4 is 34.9 Å². The van der Waals surface area contributed by atoms with Crippen LogP contribution in [0.1, 0.15) is 18.4 Å². The topological polar surface area (TPSA) is 99.1 Å². The monoisotopic (exact) mass is 558 g/mol. The average molecular weight is 559 g/mol. The van der Waals surface area contributed by atoms with E-state index in [0.717, 1.165) is 58.0 Å². The summed E-state index contributed by atoms with van der Waals surface area (Å²) in [5, 5.41) is 8.81. The van der Waals surface area contributed by atoms with Crippen molar-refractivity contribution in [2.24, 2.45) is 0 Å². The van der Waals surface area contributed by atoms with Gasteiger partial charge in [-0.25, -0.2) is 9.59 Å². The molecule has 7 nitrogen and oxygen atoms in total. The van der Waals surface area contributed by atoms with Crippen molar-refractivity contribution in [3.63, 3.8) is 0 Å². The van der Waals surface area contributed by atoms with Gasteiger partial charge in [0.1, 0.15) is 11.5 Å².